The summed E-state index contributed by atoms with van der Waals surface area (Å²) in [5.74, 6) is 1.64. The number of nitrogens with zero attached hydrogens (tertiary/aromatic N) is 4. The molecule has 2 aromatic rings. The Bertz CT molecular complexity index is 700. The van der Waals surface area contributed by atoms with Crippen molar-refractivity contribution in [2.75, 3.05) is 19.6 Å². The molecule has 1 aliphatic heterocycles. The van der Waals surface area contributed by atoms with Gasteiger partial charge in [0, 0.05) is 39.5 Å². The summed E-state index contributed by atoms with van der Waals surface area (Å²) in [5, 5.41) is 3.92. The van der Waals surface area contributed by atoms with Crippen molar-refractivity contribution in [2.24, 2.45) is 0 Å². The standard InChI is InChI=1S/C19H26N4O2/c1-14(17-7-5-4-6-8-17)11-22-10-9-18(12-22)23(16(3)24)13-19-20-15(2)25-21-19/h4-8,14,18H,9-13H2,1-3H3/t14-,18-/m0/s1. The first-order valence-corrected chi connectivity index (χ1v) is 8.86. The number of hydrogen-bond acceptors (Lipinski definition) is 5. The van der Waals surface area contributed by atoms with Gasteiger partial charge in [-0.2, -0.15) is 4.98 Å². The van der Waals surface area contributed by atoms with E-state index in [0.29, 0.717) is 24.2 Å². The van der Waals surface area contributed by atoms with Gasteiger partial charge < -0.3 is 14.3 Å². The minimum absolute atomic E-state index is 0.0606. The number of benzene rings is 1. The van der Waals surface area contributed by atoms with Crippen molar-refractivity contribution >= 4 is 5.91 Å². The summed E-state index contributed by atoms with van der Waals surface area (Å²) < 4.78 is 5.02. The van der Waals surface area contributed by atoms with Gasteiger partial charge in [-0.15, -0.1) is 0 Å². The molecular formula is C19H26N4O2. The van der Waals surface area contributed by atoms with E-state index < -0.39 is 0 Å². The molecule has 25 heavy (non-hydrogen) atoms. The van der Waals surface area contributed by atoms with Crippen LogP contribution in [0, 0.1) is 6.92 Å². The number of carbonyl (C=O) groups is 1. The van der Waals surface area contributed by atoms with E-state index in [1.54, 1.807) is 13.8 Å². The highest BCUT2D eigenvalue weighted by Crippen LogP contribution is 2.22. The Morgan fingerprint density at radius 3 is 2.80 bits per heavy atom. The molecule has 1 amide bonds. The fourth-order valence-corrected chi connectivity index (χ4v) is 3.56. The third-order valence-corrected chi connectivity index (χ3v) is 4.87. The maximum absolute atomic E-state index is 12.1. The van der Waals surface area contributed by atoms with Gasteiger partial charge in [-0.05, 0) is 17.9 Å². The predicted octanol–water partition coefficient (Wildman–Crippen LogP) is 2.60. The molecule has 1 fully saturated rings. The predicted molar refractivity (Wildman–Crippen MR) is 95.0 cm³/mol. The summed E-state index contributed by atoms with van der Waals surface area (Å²) in [6.07, 6.45) is 0.984. The molecular weight excluding hydrogens is 316 g/mol. The van der Waals surface area contributed by atoms with Gasteiger partial charge in [0.1, 0.15) is 0 Å². The Hall–Kier alpha value is -2.21. The molecule has 0 N–H and O–H groups in total. The molecule has 2 heterocycles. The van der Waals surface area contributed by atoms with Crippen LogP contribution in [0.1, 0.15) is 43.5 Å². The molecule has 2 atom stereocenters. The number of amides is 1. The van der Waals surface area contributed by atoms with Gasteiger partial charge in [0.2, 0.25) is 11.8 Å². The van der Waals surface area contributed by atoms with Crippen LogP contribution in [0.15, 0.2) is 34.9 Å². The number of hydrogen-bond donors (Lipinski definition) is 0. The Morgan fingerprint density at radius 2 is 2.16 bits per heavy atom. The van der Waals surface area contributed by atoms with Gasteiger partial charge in [0.25, 0.3) is 0 Å². The Morgan fingerprint density at radius 1 is 1.40 bits per heavy atom. The van der Waals surface area contributed by atoms with Crippen LogP contribution in [0.3, 0.4) is 0 Å². The van der Waals surface area contributed by atoms with Crippen LogP contribution in [0.4, 0.5) is 0 Å². The highest BCUT2D eigenvalue weighted by Gasteiger charge is 2.30. The van der Waals surface area contributed by atoms with Crippen LogP contribution in [0.2, 0.25) is 0 Å². The third kappa shape index (κ3) is 4.45. The van der Waals surface area contributed by atoms with E-state index >= 15 is 0 Å². The van der Waals surface area contributed by atoms with Crippen molar-refractivity contribution in [3.63, 3.8) is 0 Å². The van der Waals surface area contributed by atoms with Crippen LogP contribution < -0.4 is 0 Å². The second-order valence-corrected chi connectivity index (χ2v) is 6.89. The van der Waals surface area contributed by atoms with Crippen LogP contribution >= 0.6 is 0 Å². The first kappa shape index (κ1) is 17.6. The van der Waals surface area contributed by atoms with Crippen molar-refractivity contribution in [1.29, 1.82) is 0 Å². The fourth-order valence-electron chi connectivity index (χ4n) is 3.56. The van der Waals surface area contributed by atoms with Crippen molar-refractivity contribution in [2.45, 2.75) is 45.7 Å². The Labute approximate surface area is 148 Å². The van der Waals surface area contributed by atoms with E-state index in [1.807, 2.05) is 11.0 Å². The van der Waals surface area contributed by atoms with Gasteiger partial charge in [0.15, 0.2) is 5.82 Å². The van der Waals surface area contributed by atoms with Crippen LogP contribution in [-0.4, -0.2) is 51.5 Å². The Balaban J connectivity index is 1.59. The number of aryl methyl sites for hydroxylation is 1. The zero-order valence-electron chi connectivity index (χ0n) is 15.2. The molecule has 3 rings (SSSR count). The minimum Gasteiger partial charge on any atom is -0.340 e. The van der Waals surface area contributed by atoms with Crippen molar-refractivity contribution in [3.8, 4) is 0 Å². The molecule has 1 aliphatic rings. The van der Waals surface area contributed by atoms with Gasteiger partial charge in [0.05, 0.1) is 6.54 Å². The van der Waals surface area contributed by atoms with Crippen molar-refractivity contribution in [3.05, 3.63) is 47.6 Å². The molecule has 1 saturated heterocycles. The summed E-state index contributed by atoms with van der Waals surface area (Å²) in [6.45, 7) is 8.96. The number of likely N-dealkylation sites (tertiary alicyclic amines) is 1. The maximum atomic E-state index is 12.1. The molecule has 6 heteroatoms. The number of aromatic nitrogens is 2. The summed E-state index contributed by atoms with van der Waals surface area (Å²) in [5.41, 5.74) is 1.36. The molecule has 1 aromatic heterocycles. The maximum Gasteiger partial charge on any atom is 0.223 e. The van der Waals surface area contributed by atoms with Crippen LogP contribution in [0.5, 0.6) is 0 Å². The van der Waals surface area contributed by atoms with Crippen molar-refractivity contribution in [1.82, 2.24) is 19.9 Å². The van der Waals surface area contributed by atoms with Gasteiger partial charge in [-0.3, -0.25) is 4.79 Å². The molecule has 0 radical (unpaired) electrons. The average molecular weight is 342 g/mol. The quantitative estimate of drug-likeness (QED) is 0.807. The lowest BCUT2D eigenvalue weighted by molar-refractivity contribution is -0.131. The van der Waals surface area contributed by atoms with E-state index in [1.165, 1.54) is 5.56 Å². The molecule has 134 valence electrons. The summed E-state index contributed by atoms with van der Waals surface area (Å²) in [7, 11) is 0. The Kier molecular flexibility index (Phi) is 5.48. The highest BCUT2D eigenvalue weighted by molar-refractivity contribution is 5.73. The topological polar surface area (TPSA) is 62.5 Å². The lowest BCUT2D eigenvalue weighted by atomic mass is 10.0. The normalized spacial score (nSPS) is 19.1. The van der Waals surface area contributed by atoms with E-state index in [-0.39, 0.29) is 11.9 Å². The number of carbonyl (C=O) groups excluding carboxylic acids is 1. The zero-order chi connectivity index (χ0) is 17.8. The summed E-state index contributed by atoms with van der Waals surface area (Å²) in [6, 6.07) is 10.8. The van der Waals surface area contributed by atoms with Crippen LogP contribution in [-0.2, 0) is 11.3 Å². The first-order valence-electron chi connectivity index (χ1n) is 8.86. The van der Waals surface area contributed by atoms with E-state index in [0.717, 1.165) is 26.1 Å². The number of rotatable bonds is 6. The molecule has 0 saturated carbocycles. The van der Waals surface area contributed by atoms with Crippen molar-refractivity contribution < 1.29 is 9.32 Å². The first-order chi connectivity index (χ1) is 12.0. The molecule has 1 aromatic carbocycles. The van der Waals surface area contributed by atoms with Gasteiger partial charge >= 0.3 is 0 Å². The van der Waals surface area contributed by atoms with E-state index in [2.05, 4.69) is 46.2 Å². The lowest BCUT2D eigenvalue weighted by Crippen LogP contribution is -2.40. The monoisotopic (exact) mass is 342 g/mol. The van der Waals surface area contributed by atoms with Gasteiger partial charge in [-0.25, -0.2) is 0 Å². The summed E-state index contributed by atoms with van der Waals surface area (Å²) >= 11 is 0. The second kappa shape index (κ2) is 7.78. The molecule has 0 bridgehead atoms. The largest absolute Gasteiger partial charge is 0.340 e. The van der Waals surface area contributed by atoms with Gasteiger partial charge in [-0.1, -0.05) is 42.4 Å². The minimum atomic E-state index is 0.0606. The summed E-state index contributed by atoms with van der Waals surface area (Å²) in [4.78, 5) is 20.7. The molecule has 0 spiro atoms. The second-order valence-electron chi connectivity index (χ2n) is 6.89. The van der Waals surface area contributed by atoms with E-state index in [9.17, 15) is 4.79 Å². The lowest BCUT2D eigenvalue weighted by Gasteiger charge is -2.27. The highest BCUT2D eigenvalue weighted by atomic mass is 16.5. The molecule has 0 aliphatic carbocycles. The smallest absolute Gasteiger partial charge is 0.223 e. The average Bonchev–Trinajstić information content (AvgIpc) is 3.22. The molecule has 0 unspecified atom stereocenters. The van der Waals surface area contributed by atoms with Crippen LogP contribution in [0.25, 0.3) is 0 Å². The molecule has 6 nitrogen and oxygen atoms in total. The SMILES string of the molecule is CC(=O)N(Cc1noc(C)n1)[C@H]1CCN(C[C@H](C)c2ccccc2)C1. The third-order valence-electron chi connectivity index (χ3n) is 4.87. The zero-order valence-corrected chi connectivity index (χ0v) is 15.2. The fraction of sp³-hybridized carbons (Fsp3) is 0.526. The van der Waals surface area contributed by atoms with E-state index in [4.69, 9.17) is 4.52 Å².